The molecule has 20 heavy (non-hydrogen) atoms. The monoisotopic (exact) mass is 272 g/mol. The molecule has 2 unspecified atom stereocenters. The van der Waals surface area contributed by atoms with Gasteiger partial charge in [0.05, 0.1) is 11.4 Å². The summed E-state index contributed by atoms with van der Waals surface area (Å²) in [7, 11) is 0. The molecule has 3 heteroatoms. The lowest BCUT2D eigenvalue weighted by atomic mass is 9.48. The molecular weight excluding hydrogens is 248 g/mol. The molecule has 3 nitrogen and oxygen atoms in total. The van der Waals surface area contributed by atoms with E-state index in [1.807, 2.05) is 18.2 Å². The van der Waals surface area contributed by atoms with Crippen LogP contribution in [0.25, 0.3) is 0 Å². The molecule has 5 rings (SSSR count). The Hall–Kier alpha value is -1.38. The average molecular weight is 272 g/mol. The van der Waals surface area contributed by atoms with Crippen LogP contribution in [0.2, 0.25) is 0 Å². The van der Waals surface area contributed by atoms with Gasteiger partial charge in [0.25, 0.3) is 0 Å². The van der Waals surface area contributed by atoms with Crippen LogP contribution in [0.3, 0.4) is 0 Å². The maximum atomic E-state index is 6.49. The summed E-state index contributed by atoms with van der Waals surface area (Å²) in [6.07, 6.45) is 7.77. The highest BCUT2D eigenvalue weighted by Gasteiger charge is 2.57. The largest absolute Gasteiger partial charge is 0.485 e. The molecular formula is C17H24N2O. The van der Waals surface area contributed by atoms with Crippen LogP contribution in [0.1, 0.15) is 45.4 Å². The van der Waals surface area contributed by atoms with Gasteiger partial charge in [0.2, 0.25) is 0 Å². The summed E-state index contributed by atoms with van der Waals surface area (Å²) in [5.41, 5.74) is 13.7. The predicted molar refractivity (Wildman–Crippen MR) is 81.4 cm³/mol. The zero-order valence-corrected chi connectivity index (χ0v) is 12.2. The number of benzene rings is 1. The Morgan fingerprint density at radius 1 is 1.10 bits per heavy atom. The Morgan fingerprint density at radius 3 is 2.45 bits per heavy atom. The minimum atomic E-state index is 0.0146. The summed E-state index contributed by atoms with van der Waals surface area (Å²) < 4.78 is 6.49. The lowest BCUT2D eigenvalue weighted by molar-refractivity contribution is -0.142. The predicted octanol–water partition coefficient (Wildman–Crippen LogP) is 3.59. The molecule has 108 valence electrons. The Labute approximate surface area is 120 Å². The summed E-state index contributed by atoms with van der Waals surface area (Å²) in [6, 6.07) is 5.74. The molecule has 4 N–H and O–H groups in total. The molecule has 0 heterocycles. The summed E-state index contributed by atoms with van der Waals surface area (Å²) in [6.45, 7) is 2.45. The van der Waals surface area contributed by atoms with Gasteiger partial charge in [0, 0.05) is 0 Å². The van der Waals surface area contributed by atoms with E-state index in [1.54, 1.807) is 0 Å². The molecule has 2 atom stereocenters. The van der Waals surface area contributed by atoms with Crippen LogP contribution < -0.4 is 16.2 Å². The van der Waals surface area contributed by atoms with Gasteiger partial charge in [-0.2, -0.15) is 0 Å². The van der Waals surface area contributed by atoms with Gasteiger partial charge in [-0.15, -0.1) is 0 Å². The van der Waals surface area contributed by atoms with Gasteiger partial charge in [-0.3, -0.25) is 0 Å². The van der Waals surface area contributed by atoms with Crippen molar-refractivity contribution in [1.29, 1.82) is 0 Å². The van der Waals surface area contributed by atoms with Gasteiger partial charge < -0.3 is 16.2 Å². The van der Waals surface area contributed by atoms with Crippen molar-refractivity contribution in [2.75, 3.05) is 11.5 Å². The van der Waals surface area contributed by atoms with E-state index in [4.69, 9.17) is 16.2 Å². The fourth-order valence-electron chi connectivity index (χ4n) is 5.63. The van der Waals surface area contributed by atoms with Crippen LogP contribution in [0.4, 0.5) is 11.4 Å². The second kappa shape index (κ2) is 3.84. The molecule has 1 aromatic carbocycles. The minimum absolute atomic E-state index is 0.0146. The van der Waals surface area contributed by atoms with Gasteiger partial charge in [0.15, 0.2) is 0 Å². The van der Waals surface area contributed by atoms with E-state index in [1.165, 1.54) is 38.5 Å². The number of nitrogen functional groups attached to an aromatic ring is 2. The molecule has 0 saturated heterocycles. The SMILES string of the molecule is CC12CC3CC(C1)CC(Oc1cccc(N)c1N)(C3)C2. The van der Waals surface area contributed by atoms with Crippen LogP contribution >= 0.6 is 0 Å². The fraction of sp³-hybridized carbons (Fsp3) is 0.647. The first-order valence-corrected chi connectivity index (χ1v) is 7.80. The number of rotatable bonds is 2. The summed E-state index contributed by atoms with van der Waals surface area (Å²) in [4.78, 5) is 0. The van der Waals surface area contributed by atoms with E-state index in [2.05, 4.69) is 6.92 Å². The number of para-hydroxylation sites is 1. The minimum Gasteiger partial charge on any atom is -0.485 e. The summed E-state index contributed by atoms with van der Waals surface area (Å²) in [5, 5.41) is 0. The maximum absolute atomic E-state index is 6.49. The van der Waals surface area contributed by atoms with Crippen molar-refractivity contribution >= 4 is 11.4 Å². The molecule has 4 aliphatic rings. The van der Waals surface area contributed by atoms with Crippen molar-refractivity contribution in [3.63, 3.8) is 0 Å². The van der Waals surface area contributed by atoms with E-state index in [0.717, 1.165) is 17.6 Å². The first kappa shape index (κ1) is 12.4. The van der Waals surface area contributed by atoms with Gasteiger partial charge in [-0.25, -0.2) is 0 Å². The molecule has 4 fully saturated rings. The zero-order chi connectivity index (χ0) is 14.0. The number of anilines is 2. The van der Waals surface area contributed by atoms with Crippen molar-refractivity contribution in [2.24, 2.45) is 17.3 Å². The summed E-state index contributed by atoms with van der Waals surface area (Å²) in [5.74, 6) is 2.49. The fourth-order valence-corrected chi connectivity index (χ4v) is 5.63. The van der Waals surface area contributed by atoms with Crippen LogP contribution in [0, 0.1) is 17.3 Å². The first-order valence-electron chi connectivity index (χ1n) is 7.80. The second-order valence-electron chi connectivity index (χ2n) is 7.82. The summed E-state index contributed by atoms with van der Waals surface area (Å²) >= 11 is 0. The first-order chi connectivity index (χ1) is 9.47. The quantitative estimate of drug-likeness (QED) is 0.809. The maximum Gasteiger partial charge on any atom is 0.145 e. The van der Waals surface area contributed by atoms with E-state index in [9.17, 15) is 0 Å². The van der Waals surface area contributed by atoms with Gasteiger partial charge in [-0.1, -0.05) is 13.0 Å². The van der Waals surface area contributed by atoms with Gasteiger partial charge >= 0.3 is 0 Å². The van der Waals surface area contributed by atoms with E-state index in [0.29, 0.717) is 16.8 Å². The second-order valence-corrected chi connectivity index (χ2v) is 7.82. The lowest BCUT2D eigenvalue weighted by Gasteiger charge is -2.60. The molecule has 0 aromatic heterocycles. The topological polar surface area (TPSA) is 61.3 Å². The molecule has 0 spiro atoms. The highest BCUT2D eigenvalue weighted by Crippen LogP contribution is 2.62. The van der Waals surface area contributed by atoms with Gasteiger partial charge in [-0.05, 0) is 67.9 Å². The number of hydrogen-bond acceptors (Lipinski definition) is 3. The lowest BCUT2D eigenvalue weighted by Crippen LogP contribution is -2.57. The number of ether oxygens (including phenoxy) is 1. The standard InChI is InChI=1S/C17H24N2O/c1-16-6-11-5-12(7-16)9-17(8-11,10-16)20-14-4-2-3-13(18)15(14)19/h2-4,11-12H,5-10,18-19H2,1H3. The Balaban J connectivity index is 1.67. The zero-order valence-electron chi connectivity index (χ0n) is 12.2. The molecule has 4 bridgehead atoms. The molecule has 4 aliphatic carbocycles. The highest BCUT2D eigenvalue weighted by molar-refractivity contribution is 5.70. The Kier molecular flexibility index (Phi) is 2.37. The van der Waals surface area contributed by atoms with Crippen LogP contribution in [0.15, 0.2) is 18.2 Å². The highest BCUT2D eigenvalue weighted by atomic mass is 16.5. The third kappa shape index (κ3) is 1.79. The van der Waals surface area contributed by atoms with Crippen molar-refractivity contribution in [3.8, 4) is 5.75 Å². The van der Waals surface area contributed by atoms with E-state index in [-0.39, 0.29) is 5.60 Å². The van der Waals surface area contributed by atoms with Crippen molar-refractivity contribution < 1.29 is 4.74 Å². The van der Waals surface area contributed by atoms with Crippen molar-refractivity contribution in [1.82, 2.24) is 0 Å². The van der Waals surface area contributed by atoms with Crippen molar-refractivity contribution in [2.45, 2.75) is 51.0 Å². The van der Waals surface area contributed by atoms with Crippen LogP contribution in [-0.4, -0.2) is 5.60 Å². The molecule has 4 saturated carbocycles. The molecule has 0 radical (unpaired) electrons. The number of hydrogen-bond donors (Lipinski definition) is 2. The smallest absolute Gasteiger partial charge is 0.145 e. The normalized spacial score (nSPS) is 41.9. The molecule has 0 amide bonds. The molecule has 0 aliphatic heterocycles. The van der Waals surface area contributed by atoms with Gasteiger partial charge in [0.1, 0.15) is 11.4 Å². The number of nitrogens with two attached hydrogens (primary N) is 2. The van der Waals surface area contributed by atoms with Crippen molar-refractivity contribution in [3.05, 3.63) is 18.2 Å². The molecule has 1 aromatic rings. The van der Waals surface area contributed by atoms with Crippen LogP contribution in [-0.2, 0) is 0 Å². The third-order valence-electron chi connectivity index (χ3n) is 5.73. The van der Waals surface area contributed by atoms with E-state index < -0.39 is 0 Å². The van der Waals surface area contributed by atoms with E-state index >= 15 is 0 Å². The Bertz CT molecular complexity index is 540. The van der Waals surface area contributed by atoms with Crippen LogP contribution in [0.5, 0.6) is 5.75 Å². The third-order valence-corrected chi connectivity index (χ3v) is 5.73. The average Bonchev–Trinajstić information content (AvgIpc) is 2.31. The Morgan fingerprint density at radius 2 is 1.80 bits per heavy atom.